The second kappa shape index (κ2) is 9.04. The average Bonchev–Trinajstić information content (AvgIpc) is 2.99. The van der Waals surface area contributed by atoms with E-state index in [1.807, 2.05) is 13.8 Å². The van der Waals surface area contributed by atoms with Gasteiger partial charge in [-0.2, -0.15) is 0 Å². The normalized spacial score (nSPS) is 16.2. The third-order valence-electron chi connectivity index (χ3n) is 4.92. The van der Waals surface area contributed by atoms with E-state index in [4.69, 9.17) is 4.74 Å². The Hall–Kier alpha value is -3.61. The number of hydrogen-bond donors (Lipinski definition) is 2. The van der Waals surface area contributed by atoms with Gasteiger partial charge in [-0.1, -0.05) is 32.0 Å². The molecule has 0 saturated carbocycles. The number of ether oxygens (including phenoxy) is 1. The van der Waals surface area contributed by atoms with Crippen LogP contribution in [0.1, 0.15) is 49.2 Å². The van der Waals surface area contributed by atoms with Gasteiger partial charge in [-0.3, -0.25) is 14.5 Å². The van der Waals surface area contributed by atoms with Crippen molar-refractivity contribution in [1.29, 1.82) is 0 Å². The summed E-state index contributed by atoms with van der Waals surface area (Å²) in [5.41, 5.74) is 1.00. The number of phenols is 1. The Morgan fingerprint density at radius 3 is 2.45 bits per heavy atom. The molecule has 0 aromatic heterocycles. The maximum absolute atomic E-state index is 13.1. The molecule has 162 valence electrons. The number of ketones is 1. The van der Waals surface area contributed by atoms with Crippen molar-refractivity contribution in [3.05, 3.63) is 71.0 Å². The predicted molar refractivity (Wildman–Crippen MR) is 115 cm³/mol. The first-order valence-corrected chi connectivity index (χ1v) is 10.1. The number of carbonyl (C=O) groups is 3. The zero-order valence-corrected chi connectivity index (χ0v) is 17.7. The molecule has 1 heterocycles. The number of benzene rings is 2. The minimum atomic E-state index is -0.941. The van der Waals surface area contributed by atoms with Crippen LogP contribution in [0.3, 0.4) is 0 Å². The van der Waals surface area contributed by atoms with Gasteiger partial charge in [0.05, 0.1) is 23.8 Å². The molecule has 1 amide bonds. The summed E-state index contributed by atoms with van der Waals surface area (Å²) in [5, 5.41) is 20.6. The standard InChI is InChI=1S/C24H25NO6/c1-4-31-24(30)16-8-5-9-17(12-16)25-21(15-7-6-10-18(26)13-15)20(22(28)23(25)29)19(27)11-14(2)3/h5-10,12-14,21,26,28H,4,11H2,1-3H3. The number of aliphatic hydroxyl groups excluding tert-OH is 1. The number of aromatic hydroxyl groups is 1. The van der Waals surface area contributed by atoms with Gasteiger partial charge in [0.1, 0.15) is 5.75 Å². The summed E-state index contributed by atoms with van der Waals surface area (Å²) >= 11 is 0. The summed E-state index contributed by atoms with van der Waals surface area (Å²) < 4.78 is 5.03. The van der Waals surface area contributed by atoms with Gasteiger partial charge in [-0.15, -0.1) is 0 Å². The SMILES string of the molecule is CCOC(=O)c1cccc(N2C(=O)C(O)=C(C(=O)CC(C)C)C2c2cccc(O)c2)c1. The number of anilines is 1. The summed E-state index contributed by atoms with van der Waals surface area (Å²) in [4.78, 5) is 39.5. The number of esters is 1. The first-order chi connectivity index (χ1) is 14.7. The summed E-state index contributed by atoms with van der Waals surface area (Å²) in [6, 6.07) is 11.5. The molecule has 2 N–H and O–H groups in total. The van der Waals surface area contributed by atoms with Crippen LogP contribution in [0.2, 0.25) is 0 Å². The van der Waals surface area contributed by atoms with Gasteiger partial charge in [0, 0.05) is 12.1 Å². The van der Waals surface area contributed by atoms with Crippen LogP contribution >= 0.6 is 0 Å². The molecule has 1 atom stereocenters. The Balaban J connectivity index is 2.13. The Morgan fingerprint density at radius 1 is 1.10 bits per heavy atom. The highest BCUT2D eigenvalue weighted by molar-refractivity contribution is 6.16. The van der Waals surface area contributed by atoms with Crippen molar-refractivity contribution in [2.24, 2.45) is 5.92 Å². The van der Waals surface area contributed by atoms with E-state index in [1.54, 1.807) is 37.3 Å². The quantitative estimate of drug-likeness (QED) is 0.650. The zero-order valence-electron chi connectivity index (χ0n) is 17.7. The second-order valence-corrected chi connectivity index (χ2v) is 7.73. The number of rotatable bonds is 7. The molecule has 0 saturated heterocycles. The predicted octanol–water partition coefficient (Wildman–Crippen LogP) is 4.08. The number of phenolic OH excluding ortho intramolecular Hbond substituents is 1. The number of hydrogen-bond acceptors (Lipinski definition) is 6. The van der Waals surface area contributed by atoms with E-state index in [0.717, 1.165) is 0 Å². The highest BCUT2D eigenvalue weighted by atomic mass is 16.5. The summed E-state index contributed by atoms with van der Waals surface area (Å²) in [6.45, 7) is 5.64. The van der Waals surface area contributed by atoms with Crippen LogP contribution in [-0.4, -0.2) is 34.5 Å². The van der Waals surface area contributed by atoms with Crippen molar-refractivity contribution >= 4 is 23.3 Å². The van der Waals surface area contributed by atoms with E-state index in [-0.39, 0.29) is 41.6 Å². The summed E-state index contributed by atoms with van der Waals surface area (Å²) in [6.07, 6.45) is 0.151. The number of amides is 1. The third-order valence-corrected chi connectivity index (χ3v) is 4.92. The maximum atomic E-state index is 13.1. The van der Waals surface area contributed by atoms with E-state index in [1.165, 1.54) is 23.1 Å². The smallest absolute Gasteiger partial charge is 0.338 e. The number of nitrogens with zero attached hydrogens (tertiary/aromatic N) is 1. The molecule has 1 unspecified atom stereocenters. The molecular weight excluding hydrogens is 398 g/mol. The summed E-state index contributed by atoms with van der Waals surface area (Å²) in [5.74, 6) is -2.28. The molecular formula is C24H25NO6. The van der Waals surface area contributed by atoms with Crippen molar-refractivity contribution in [1.82, 2.24) is 0 Å². The van der Waals surface area contributed by atoms with Crippen molar-refractivity contribution < 1.29 is 29.3 Å². The molecule has 0 bridgehead atoms. The first-order valence-electron chi connectivity index (χ1n) is 10.1. The lowest BCUT2D eigenvalue weighted by Gasteiger charge is -2.27. The summed E-state index contributed by atoms with van der Waals surface area (Å²) in [7, 11) is 0. The number of Topliss-reactive ketones (excluding diaryl/α,β-unsaturated/α-hetero) is 1. The molecule has 0 aliphatic carbocycles. The van der Waals surface area contributed by atoms with E-state index in [0.29, 0.717) is 11.3 Å². The lowest BCUT2D eigenvalue weighted by Crippen LogP contribution is -2.31. The van der Waals surface area contributed by atoms with Gasteiger partial charge in [0.15, 0.2) is 11.5 Å². The Labute approximate surface area is 180 Å². The molecule has 1 aliphatic rings. The molecule has 3 rings (SSSR count). The van der Waals surface area contributed by atoms with Crippen LogP contribution in [0.15, 0.2) is 59.9 Å². The molecule has 7 heteroatoms. The topological polar surface area (TPSA) is 104 Å². The molecule has 0 radical (unpaired) electrons. The van der Waals surface area contributed by atoms with Crippen LogP contribution in [0.4, 0.5) is 5.69 Å². The lowest BCUT2D eigenvalue weighted by molar-refractivity contribution is -0.118. The molecule has 7 nitrogen and oxygen atoms in total. The van der Waals surface area contributed by atoms with E-state index < -0.39 is 23.7 Å². The lowest BCUT2D eigenvalue weighted by atomic mass is 9.92. The van der Waals surface area contributed by atoms with Gasteiger partial charge in [0.2, 0.25) is 0 Å². The van der Waals surface area contributed by atoms with Gasteiger partial charge in [0.25, 0.3) is 5.91 Å². The fourth-order valence-electron chi connectivity index (χ4n) is 3.64. The number of carbonyl (C=O) groups excluding carboxylic acids is 3. The molecule has 0 spiro atoms. The van der Waals surface area contributed by atoms with Crippen molar-refractivity contribution in [3.8, 4) is 5.75 Å². The molecule has 31 heavy (non-hydrogen) atoms. The van der Waals surface area contributed by atoms with Crippen molar-refractivity contribution in [2.75, 3.05) is 11.5 Å². The third kappa shape index (κ3) is 4.45. The average molecular weight is 423 g/mol. The first kappa shape index (κ1) is 22.1. The largest absolute Gasteiger partial charge is 0.508 e. The van der Waals surface area contributed by atoms with Crippen LogP contribution in [-0.2, 0) is 14.3 Å². The minimum absolute atomic E-state index is 0.0221. The maximum Gasteiger partial charge on any atom is 0.338 e. The fourth-order valence-corrected chi connectivity index (χ4v) is 3.64. The van der Waals surface area contributed by atoms with Gasteiger partial charge >= 0.3 is 5.97 Å². The van der Waals surface area contributed by atoms with Crippen molar-refractivity contribution in [3.63, 3.8) is 0 Å². The number of aliphatic hydroxyl groups is 1. The molecule has 2 aromatic rings. The Kier molecular flexibility index (Phi) is 6.44. The molecule has 1 aliphatic heterocycles. The van der Waals surface area contributed by atoms with Gasteiger partial charge in [-0.25, -0.2) is 4.79 Å². The van der Waals surface area contributed by atoms with E-state index >= 15 is 0 Å². The Bertz CT molecular complexity index is 1060. The zero-order chi connectivity index (χ0) is 22.7. The highest BCUT2D eigenvalue weighted by Gasteiger charge is 2.44. The highest BCUT2D eigenvalue weighted by Crippen LogP contribution is 2.42. The fraction of sp³-hybridized carbons (Fsp3) is 0.292. The monoisotopic (exact) mass is 423 g/mol. The Morgan fingerprint density at radius 2 is 1.81 bits per heavy atom. The van der Waals surface area contributed by atoms with Crippen LogP contribution in [0.5, 0.6) is 5.75 Å². The van der Waals surface area contributed by atoms with Crippen LogP contribution < -0.4 is 4.90 Å². The van der Waals surface area contributed by atoms with E-state index in [2.05, 4.69) is 0 Å². The van der Waals surface area contributed by atoms with Crippen LogP contribution in [0, 0.1) is 5.92 Å². The van der Waals surface area contributed by atoms with E-state index in [9.17, 15) is 24.6 Å². The molecule has 2 aromatic carbocycles. The minimum Gasteiger partial charge on any atom is -0.508 e. The van der Waals surface area contributed by atoms with Gasteiger partial charge < -0.3 is 14.9 Å². The van der Waals surface area contributed by atoms with Gasteiger partial charge in [-0.05, 0) is 48.7 Å². The molecule has 0 fully saturated rings. The second-order valence-electron chi connectivity index (χ2n) is 7.73. The van der Waals surface area contributed by atoms with Crippen LogP contribution in [0.25, 0.3) is 0 Å². The van der Waals surface area contributed by atoms with Crippen molar-refractivity contribution in [2.45, 2.75) is 33.2 Å².